The molecule has 21 heavy (non-hydrogen) atoms. The predicted molar refractivity (Wildman–Crippen MR) is 82.1 cm³/mol. The first-order valence-electron chi connectivity index (χ1n) is 7.08. The summed E-state index contributed by atoms with van der Waals surface area (Å²) in [5, 5.41) is 14.6. The molecular weight excluding hydrogens is 266 g/mol. The summed E-state index contributed by atoms with van der Waals surface area (Å²) in [7, 11) is 0. The average molecular weight is 285 g/mol. The number of pyridine rings is 1. The largest absolute Gasteiger partial charge is 0.310 e. The quantitative estimate of drug-likeness (QED) is 0.626. The van der Waals surface area contributed by atoms with Crippen LogP contribution in [0.15, 0.2) is 48.8 Å². The van der Waals surface area contributed by atoms with Crippen molar-refractivity contribution in [2.24, 2.45) is 0 Å². The van der Waals surface area contributed by atoms with Gasteiger partial charge in [0.1, 0.15) is 0 Å². The van der Waals surface area contributed by atoms with Gasteiger partial charge in [-0.25, -0.2) is 0 Å². The van der Waals surface area contributed by atoms with Gasteiger partial charge in [-0.05, 0) is 31.0 Å². The van der Waals surface area contributed by atoms with Crippen LogP contribution in [0, 0.1) is 10.1 Å². The van der Waals surface area contributed by atoms with Crippen LogP contribution in [0.2, 0.25) is 0 Å². The molecule has 2 rings (SSSR count). The Labute approximate surface area is 124 Å². The Morgan fingerprint density at radius 2 is 2.10 bits per heavy atom. The van der Waals surface area contributed by atoms with Gasteiger partial charge in [-0.1, -0.05) is 31.2 Å². The molecule has 1 N–H and O–H groups in total. The molecule has 0 amide bonds. The minimum atomic E-state index is -0.324. The number of hydrogen-bond acceptors (Lipinski definition) is 4. The van der Waals surface area contributed by atoms with Crippen molar-refractivity contribution in [1.82, 2.24) is 10.3 Å². The van der Waals surface area contributed by atoms with E-state index in [9.17, 15) is 10.1 Å². The third kappa shape index (κ3) is 4.10. The lowest BCUT2D eigenvalue weighted by Crippen LogP contribution is -2.24. The Morgan fingerprint density at radius 3 is 2.76 bits per heavy atom. The normalized spacial score (nSPS) is 12.0. The van der Waals surface area contributed by atoms with Crippen molar-refractivity contribution in [3.63, 3.8) is 0 Å². The topological polar surface area (TPSA) is 68.1 Å². The van der Waals surface area contributed by atoms with Gasteiger partial charge in [0.2, 0.25) is 0 Å². The van der Waals surface area contributed by atoms with E-state index in [1.165, 1.54) is 0 Å². The zero-order chi connectivity index (χ0) is 15.1. The summed E-state index contributed by atoms with van der Waals surface area (Å²) in [4.78, 5) is 14.9. The van der Waals surface area contributed by atoms with E-state index in [4.69, 9.17) is 0 Å². The molecule has 2 aromatic rings. The van der Waals surface area contributed by atoms with Gasteiger partial charge in [0.05, 0.1) is 4.92 Å². The fourth-order valence-electron chi connectivity index (χ4n) is 2.29. The van der Waals surface area contributed by atoms with Crippen molar-refractivity contribution >= 4 is 5.69 Å². The first-order chi connectivity index (χ1) is 10.2. The van der Waals surface area contributed by atoms with Gasteiger partial charge in [-0.15, -0.1) is 0 Å². The lowest BCUT2D eigenvalue weighted by Gasteiger charge is -2.18. The van der Waals surface area contributed by atoms with Crippen molar-refractivity contribution in [3.8, 4) is 0 Å². The lowest BCUT2D eigenvalue weighted by atomic mass is 9.99. The number of nitrogens with one attached hydrogen (secondary N) is 1. The molecule has 0 fully saturated rings. The molecule has 1 heterocycles. The van der Waals surface area contributed by atoms with Gasteiger partial charge in [-0.2, -0.15) is 0 Å². The minimum absolute atomic E-state index is 0.0275. The zero-order valence-corrected chi connectivity index (χ0v) is 12.0. The second kappa shape index (κ2) is 7.50. The monoisotopic (exact) mass is 285 g/mol. The number of hydrogen-bond donors (Lipinski definition) is 1. The number of rotatable bonds is 7. The predicted octanol–water partition coefficient (Wildman–Crippen LogP) is 3.27. The molecule has 1 unspecified atom stereocenters. The second-order valence-corrected chi connectivity index (χ2v) is 4.88. The Hall–Kier alpha value is -2.27. The summed E-state index contributed by atoms with van der Waals surface area (Å²) in [5.74, 6) is 0. The van der Waals surface area contributed by atoms with E-state index in [2.05, 4.69) is 17.2 Å². The van der Waals surface area contributed by atoms with Crippen LogP contribution >= 0.6 is 0 Å². The molecule has 0 saturated heterocycles. The third-order valence-corrected chi connectivity index (χ3v) is 3.34. The number of nitrogens with zero attached hydrogens (tertiary/aromatic N) is 2. The third-order valence-electron chi connectivity index (χ3n) is 3.34. The highest BCUT2D eigenvalue weighted by molar-refractivity contribution is 5.41. The fraction of sp³-hybridized carbons (Fsp3) is 0.312. The van der Waals surface area contributed by atoms with Crippen LogP contribution in [0.4, 0.5) is 5.69 Å². The summed E-state index contributed by atoms with van der Waals surface area (Å²) < 4.78 is 0. The molecule has 1 atom stereocenters. The maximum atomic E-state index is 11.1. The molecule has 1 aromatic carbocycles. The Kier molecular flexibility index (Phi) is 5.40. The maximum Gasteiger partial charge on any atom is 0.272 e. The van der Waals surface area contributed by atoms with E-state index < -0.39 is 0 Å². The highest BCUT2D eigenvalue weighted by Crippen LogP contribution is 2.24. The Balaban J connectivity index is 2.25. The number of aromatic nitrogens is 1. The van der Waals surface area contributed by atoms with Gasteiger partial charge >= 0.3 is 0 Å². The van der Waals surface area contributed by atoms with Crippen molar-refractivity contribution in [1.29, 1.82) is 0 Å². The summed E-state index contributed by atoms with van der Waals surface area (Å²) in [6, 6.07) is 10.8. The van der Waals surface area contributed by atoms with Gasteiger partial charge in [0.25, 0.3) is 5.69 Å². The molecule has 0 aliphatic rings. The van der Waals surface area contributed by atoms with E-state index in [0.717, 1.165) is 24.1 Å². The average Bonchev–Trinajstić information content (AvgIpc) is 2.52. The van der Waals surface area contributed by atoms with Crippen LogP contribution in [0.3, 0.4) is 0 Å². The van der Waals surface area contributed by atoms with Crippen molar-refractivity contribution < 1.29 is 4.92 Å². The Bertz CT molecular complexity index is 587. The van der Waals surface area contributed by atoms with Crippen molar-refractivity contribution in [2.45, 2.75) is 25.8 Å². The van der Waals surface area contributed by atoms with Gasteiger partial charge in [0.15, 0.2) is 0 Å². The SMILES string of the molecule is CCCNC(Cc1ccccc1[N+](=O)[O-])c1cccnc1. The first kappa shape index (κ1) is 15.1. The summed E-state index contributed by atoms with van der Waals surface area (Å²) in [5.41, 5.74) is 1.95. The molecule has 0 spiro atoms. The van der Waals surface area contributed by atoms with E-state index in [1.54, 1.807) is 18.3 Å². The highest BCUT2D eigenvalue weighted by atomic mass is 16.6. The van der Waals surface area contributed by atoms with Crippen LogP contribution in [0.5, 0.6) is 0 Å². The summed E-state index contributed by atoms with van der Waals surface area (Å²) in [6.07, 6.45) is 5.12. The van der Waals surface area contributed by atoms with E-state index >= 15 is 0 Å². The smallest absolute Gasteiger partial charge is 0.272 e. The Morgan fingerprint density at radius 1 is 1.29 bits per heavy atom. The van der Waals surface area contributed by atoms with Crippen molar-refractivity contribution in [3.05, 3.63) is 70.0 Å². The van der Waals surface area contributed by atoms with E-state index in [-0.39, 0.29) is 16.7 Å². The fourth-order valence-corrected chi connectivity index (χ4v) is 2.29. The van der Waals surface area contributed by atoms with Crippen LogP contribution < -0.4 is 5.32 Å². The molecule has 5 heteroatoms. The number of nitro benzene ring substituents is 1. The van der Waals surface area contributed by atoms with Gasteiger partial charge in [-0.3, -0.25) is 15.1 Å². The van der Waals surface area contributed by atoms with Crippen molar-refractivity contribution in [2.75, 3.05) is 6.54 Å². The summed E-state index contributed by atoms with van der Waals surface area (Å²) >= 11 is 0. The molecule has 5 nitrogen and oxygen atoms in total. The van der Waals surface area contributed by atoms with Gasteiger partial charge in [0, 0.05) is 30.1 Å². The van der Waals surface area contributed by atoms with Crippen LogP contribution in [-0.2, 0) is 6.42 Å². The lowest BCUT2D eigenvalue weighted by molar-refractivity contribution is -0.385. The number of benzene rings is 1. The van der Waals surface area contributed by atoms with E-state index in [1.807, 2.05) is 30.5 Å². The number of nitro groups is 1. The summed E-state index contributed by atoms with van der Waals surface area (Å²) in [6.45, 7) is 2.96. The molecular formula is C16H19N3O2. The standard InChI is InChI=1S/C16H19N3O2/c1-2-9-18-15(14-7-5-10-17-12-14)11-13-6-3-4-8-16(13)19(20)21/h3-8,10,12,15,18H,2,9,11H2,1H3. The zero-order valence-electron chi connectivity index (χ0n) is 12.0. The van der Waals surface area contributed by atoms with Gasteiger partial charge < -0.3 is 5.32 Å². The molecule has 0 aliphatic carbocycles. The molecule has 110 valence electrons. The van der Waals surface area contributed by atoms with Crippen LogP contribution in [-0.4, -0.2) is 16.5 Å². The highest BCUT2D eigenvalue weighted by Gasteiger charge is 2.18. The van der Waals surface area contributed by atoms with Crippen LogP contribution in [0.25, 0.3) is 0 Å². The van der Waals surface area contributed by atoms with Crippen LogP contribution in [0.1, 0.15) is 30.5 Å². The molecule has 0 bridgehead atoms. The second-order valence-electron chi connectivity index (χ2n) is 4.88. The maximum absolute atomic E-state index is 11.1. The molecule has 0 aliphatic heterocycles. The molecule has 0 saturated carbocycles. The minimum Gasteiger partial charge on any atom is -0.310 e. The molecule has 0 radical (unpaired) electrons. The molecule has 1 aromatic heterocycles. The number of para-hydroxylation sites is 1. The van der Waals surface area contributed by atoms with E-state index in [0.29, 0.717) is 6.42 Å². The first-order valence-corrected chi connectivity index (χ1v) is 7.08.